The van der Waals surface area contributed by atoms with Crippen LogP contribution in [0.15, 0.2) is 29.2 Å². The number of anilines is 1. The van der Waals surface area contributed by atoms with Crippen LogP contribution in [-0.2, 0) is 0 Å². The van der Waals surface area contributed by atoms with E-state index in [1.807, 2.05) is 0 Å². The Kier molecular flexibility index (Phi) is 4.31. The van der Waals surface area contributed by atoms with Crippen molar-refractivity contribution in [3.63, 3.8) is 0 Å². The quantitative estimate of drug-likeness (QED) is 0.818. The second kappa shape index (κ2) is 5.57. The van der Waals surface area contributed by atoms with Crippen molar-refractivity contribution in [2.45, 2.75) is 31.2 Å². The first-order valence-corrected chi connectivity index (χ1v) is 8.45. The summed E-state index contributed by atoms with van der Waals surface area (Å²) in [7, 11) is 0. The zero-order valence-corrected chi connectivity index (χ0v) is 12.5. The summed E-state index contributed by atoms with van der Waals surface area (Å²) < 4.78 is 0. The fraction of sp³-hybridized carbons (Fsp3) is 0.571. The maximum absolute atomic E-state index is 3.68. The fourth-order valence-electron chi connectivity index (χ4n) is 2.30. The van der Waals surface area contributed by atoms with E-state index in [0.717, 1.165) is 0 Å². The molecule has 1 aliphatic heterocycles. The monoisotopic (exact) mass is 267 g/mol. The van der Waals surface area contributed by atoms with Gasteiger partial charge in [-0.05, 0) is 42.0 Å². The summed E-state index contributed by atoms with van der Waals surface area (Å²) in [6.07, 6.45) is 3.39. The molecule has 0 amide bonds. The Morgan fingerprint density at radius 2 is 2.24 bits per heavy atom. The summed E-state index contributed by atoms with van der Waals surface area (Å²) in [5.41, 5.74) is 1.73. The highest BCUT2D eigenvalue weighted by Crippen LogP contribution is 2.34. The van der Waals surface area contributed by atoms with Gasteiger partial charge >= 0.3 is 0 Å². The van der Waals surface area contributed by atoms with E-state index in [4.69, 9.17) is 0 Å². The molecule has 3 heteroatoms. The van der Waals surface area contributed by atoms with Crippen molar-refractivity contribution in [1.82, 2.24) is 0 Å². The molecule has 1 fully saturated rings. The Morgan fingerprint density at radius 1 is 1.41 bits per heavy atom. The highest BCUT2D eigenvalue weighted by atomic mass is 32.2. The molecule has 2 rings (SSSR count). The lowest BCUT2D eigenvalue weighted by Gasteiger charge is -2.35. The largest absolute Gasteiger partial charge is 0.381 e. The molecule has 0 spiro atoms. The smallest absolute Gasteiger partial charge is 0.0357 e. The lowest BCUT2D eigenvalue weighted by atomic mass is 9.88. The Morgan fingerprint density at radius 3 is 2.94 bits per heavy atom. The Bertz CT molecular complexity index is 376. The molecule has 0 radical (unpaired) electrons. The molecule has 0 aliphatic carbocycles. The molecule has 1 saturated heterocycles. The second-order valence-electron chi connectivity index (χ2n) is 5.46. The summed E-state index contributed by atoms with van der Waals surface area (Å²) >= 11 is 3.87. The molecule has 0 saturated carbocycles. The van der Waals surface area contributed by atoms with E-state index < -0.39 is 0 Å². The van der Waals surface area contributed by atoms with Crippen LogP contribution in [0.3, 0.4) is 0 Å². The summed E-state index contributed by atoms with van der Waals surface area (Å²) in [5, 5.41) is 3.68. The van der Waals surface area contributed by atoms with Crippen LogP contribution in [0.1, 0.15) is 20.3 Å². The van der Waals surface area contributed by atoms with E-state index in [2.05, 4.69) is 61.4 Å². The van der Waals surface area contributed by atoms with Gasteiger partial charge in [-0.25, -0.2) is 0 Å². The Labute approximate surface area is 113 Å². The predicted molar refractivity (Wildman–Crippen MR) is 81.4 cm³/mol. The van der Waals surface area contributed by atoms with Crippen LogP contribution in [0, 0.1) is 5.41 Å². The average Bonchev–Trinajstić information content (AvgIpc) is 2.28. The SMILES string of the molecule is CSc1cccc(NC2CSCC(C)(C)C2)c1. The molecule has 0 aromatic heterocycles. The number of hydrogen-bond donors (Lipinski definition) is 1. The molecule has 17 heavy (non-hydrogen) atoms. The summed E-state index contributed by atoms with van der Waals surface area (Å²) in [4.78, 5) is 1.33. The fourth-order valence-corrected chi connectivity index (χ4v) is 4.04. The van der Waals surface area contributed by atoms with Gasteiger partial charge < -0.3 is 5.32 Å². The first kappa shape index (κ1) is 13.2. The summed E-state index contributed by atoms with van der Waals surface area (Å²) in [6, 6.07) is 9.33. The van der Waals surface area contributed by atoms with Crippen molar-refractivity contribution in [3.05, 3.63) is 24.3 Å². The number of benzene rings is 1. The van der Waals surface area contributed by atoms with Crippen LogP contribution >= 0.6 is 23.5 Å². The van der Waals surface area contributed by atoms with Gasteiger partial charge in [-0.1, -0.05) is 19.9 Å². The maximum atomic E-state index is 3.68. The first-order chi connectivity index (χ1) is 8.09. The van der Waals surface area contributed by atoms with Gasteiger partial charge in [0.2, 0.25) is 0 Å². The highest BCUT2D eigenvalue weighted by molar-refractivity contribution is 7.99. The third-order valence-corrected chi connectivity index (χ3v) is 5.40. The molecule has 1 aliphatic rings. The van der Waals surface area contributed by atoms with Crippen LogP contribution < -0.4 is 5.32 Å². The molecule has 1 aromatic carbocycles. The van der Waals surface area contributed by atoms with E-state index >= 15 is 0 Å². The van der Waals surface area contributed by atoms with Crippen molar-refractivity contribution in [1.29, 1.82) is 0 Å². The van der Waals surface area contributed by atoms with Crippen molar-refractivity contribution >= 4 is 29.2 Å². The second-order valence-corrected chi connectivity index (χ2v) is 7.37. The van der Waals surface area contributed by atoms with Crippen LogP contribution in [0.25, 0.3) is 0 Å². The van der Waals surface area contributed by atoms with Gasteiger partial charge in [0.05, 0.1) is 0 Å². The van der Waals surface area contributed by atoms with Crippen molar-refractivity contribution in [2.24, 2.45) is 5.41 Å². The molecular formula is C14H21NS2. The summed E-state index contributed by atoms with van der Waals surface area (Å²) in [6.45, 7) is 4.73. The zero-order valence-electron chi connectivity index (χ0n) is 10.8. The van der Waals surface area contributed by atoms with Gasteiger partial charge in [-0.2, -0.15) is 11.8 Å². The van der Waals surface area contributed by atoms with E-state index in [9.17, 15) is 0 Å². The molecule has 1 unspecified atom stereocenters. The number of rotatable bonds is 3. The van der Waals surface area contributed by atoms with E-state index in [1.165, 1.54) is 28.5 Å². The topological polar surface area (TPSA) is 12.0 Å². The van der Waals surface area contributed by atoms with Crippen molar-refractivity contribution in [3.8, 4) is 0 Å². The van der Waals surface area contributed by atoms with Gasteiger partial charge in [-0.15, -0.1) is 11.8 Å². The molecule has 1 nitrogen and oxygen atoms in total. The molecule has 1 atom stereocenters. The van der Waals surface area contributed by atoms with Crippen LogP contribution in [0.4, 0.5) is 5.69 Å². The minimum atomic E-state index is 0.470. The third kappa shape index (κ3) is 3.85. The number of hydrogen-bond acceptors (Lipinski definition) is 3. The van der Waals surface area contributed by atoms with E-state index in [-0.39, 0.29) is 0 Å². The minimum absolute atomic E-state index is 0.470. The zero-order chi connectivity index (χ0) is 12.3. The normalized spacial score (nSPS) is 23.4. The Hall–Kier alpha value is -0.280. The number of nitrogens with one attached hydrogen (secondary N) is 1. The highest BCUT2D eigenvalue weighted by Gasteiger charge is 2.28. The molecule has 94 valence electrons. The average molecular weight is 267 g/mol. The van der Waals surface area contributed by atoms with E-state index in [0.29, 0.717) is 11.5 Å². The number of thioether (sulfide) groups is 2. The molecule has 1 N–H and O–H groups in total. The van der Waals surface area contributed by atoms with E-state index in [1.54, 1.807) is 11.8 Å². The summed E-state index contributed by atoms with van der Waals surface area (Å²) in [5.74, 6) is 2.52. The van der Waals surface area contributed by atoms with Gasteiger partial charge in [0.25, 0.3) is 0 Å². The van der Waals surface area contributed by atoms with Crippen molar-refractivity contribution in [2.75, 3.05) is 23.1 Å². The molecule has 1 aromatic rings. The van der Waals surface area contributed by atoms with Gasteiger partial charge in [0.1, 0.15) is 0 Å². The predicted octanol–water partition coefficient (Wildman–Crippen LogP) is 4.35. The lowest BCUT2D eigenvalue weighted by Crippen LogP contribution is -2.35. The van der Waals surface area contributed by atoms with Gasteiger partial charge in [0, 0.05) is 22.4 Å². The van der Waals surface area contributed by atoms with Crippen LogP contribution in [0.2, 0.25) is 0 Å². The molecule has 0 bridgehead atoms. The van der Waals surface area contributed by atoms with Gasteiger partial charge in [-0.3, -0.25) is 0 Å². The van der Waals surface area contributed by atoms with Gasteiger partial charge in [0.15, 0.2) is 0 Å². The molecule has 1 heterocycles. The van der Waals surface area contributed by atoms with Crippen LogP contribution in [-0.4, -0.2) is 23.8 Å². The van der Waals surface area contributed by atoms with Crippen molar-refractivity contribution < 1.29 is 0 Å². The minimum Gasteiger partial charge on any atom is -0.381 e. The van der Waals surface area contributed by atoms with Crippen LogP contribution in [0.5, 0.6) is 0 Å². The third-order valence-electron chi connectivity index (χ3n) is 3.05. The molecular weight excluding hydrogens is 246 g/mol. The first-order valence-electron chi connectivity index (χ1n) is 6.07. The Balaban J connectivity index is 2.00. The standard InChI is InChI=1S/C14H21NS2/c1-14(2)8-12(9-17-10-14)15-11-5-4-6-13(7-11)16-3/h4-7,12,15H,8-10H2,1-3H3. The lowest BCUT2D eigenvalue weighted by molar-refractivity contribution is 0.358. The maximum Gasteiger partial charge on any atom is 0.0357 e.